The summed E-state index contributed by atoms with van der Waals surface area (Å²) in [5.74, 6) is -0.704. The molecule has 1 heterocycles. The summed E-state index contributed by atoms with van der Waals surface area (Å²) >= 11 is 0. The summed E-state index contributed by atoms with van der Waals surface area (Å²) in [5, 5.41) is 5.85. The van der Waals surface area contributed by atoms with Crippen LogP contribution in [0.1, 0.15) is 26.7 Å². The van der Waals surface area contributed by atoms with Crippen molar-refractivity contribution in [3.8, 4) is 0 Å². The minimum atomic E-state index is -0.655. The van der Waals surface area contributed by atoms with Crippen molar-refractivity contribution in [1.82, 2.24) is 10.6 Å². The smallest absolute Gasteiger partial charge is 0.329 e. The normalized spacial score (nSPS) is 22.0. The molecule has 3 atom stereocenters. The van der Waals surface area contributed by atoms with Gasteiger partial charge >= 0.3 is 5.97 Å². The van der Waals surface area contributed by atoms with Crippen LogP contribution in [0.15, 0.2) is 12.7 Å². The number of esters is 1. The van der Waals surface area contributed by atoms with Crippen molar-refractivity contribution in [2.75, 3.05) is 13.2 Å². The first-order chi connectivity index (χ1) is 8.60. The Bertz CT molecular complexity index is 311. The van der Waals surface area contributed by atoms with Crippen LogP contribution in [0, 0.1) is 5.92 Å². The number of carbonyl (C=O) groups is 2. The lowest BCUT2D eigenvalue weighted by atomic mass is 10.0. The Morgan fingerprint density at radius 2 is 2.33 bits per heavy atom. The van der Waals surface area contributed by atoms with Crippen molar-refractivity contribution in [2.24, 2.45) is 5.92 Å². The molecule has 5 heteroatoms. The van der Waals surface area contributed by atoms with Gasteiger partial charge in [0.25, 0.3) is 0 Å². The van der Waals surface area contributed by atoms with E-state index in [0.29, 0.717) is 6.61 Å². The number of hydrogen-bond donors (Lipinski definition) is 2. The van der Waals surface area contributed by atoms with E-state index in [4.69, 9.17) is 4.74 Å². The molecule has 2 unspecified atom stereocenters. The van der Waals surface area contributed by atoms with Crippen LogP contribution in [-0.4, -0.2) is 37.1 Å². The molecule has 0 spiro atoms. The van der Waals surface area contributed by atoms with Gasteiger partial charge in [-0.3, -0.25) is 4.79 Å². The zero-order chi connectivity index (χ0) is 13.5. The summed E-state index contributed by atoms with van der Waals surface area (Å²) in [4.78, 5) is 23.8. The predicted octanol–water partition coefficient (Wildman–Crippen LogP) is 0.608. The molecule has 1 aliphatic heterocycles. The average molecular weight is 254 g/mol. The molecule has 1 fully saturated rings. The Labute approximate surface area is 108 Å². The highest BCUT2D eigenvalue weighted by atomic mass is 16.5. The lowest BCUT2D eigenvalue weighted by Gasteiger charge is -2.22. The van der Waals surface area contributed by atoms with Crippen molar-refractivity contribution < 1.29 is 14.3 Å². The second-order valence-corrected chi connectivity index (χ2v) is 4.48. The highest BCUT2D eigenvalue weighted by molar-refractivity contribution is 5.88. The van der Waals surface area contributed by atoms with Crippen LogP contribution in [0.2, 0.25) is 0 Å². The van der Waals surface area contributed by atoms with E-state index in [-0.39, 0.29) is 17.9 Å². The van der Waals surface area contributed by atoms with Crippen LogP contribution in [-0.2, 0) is 14.3 Å². The maximum Gasteiger partial charge on any atom is 0.329 e. The molecule has 5 nitrogen and oxygen atoms in total. The van der Waals surface area contributed by atoms with E-state index in [0.717, 1.165) is 19.4 Å². The van der Waals surface area contributed by atoms with Crippen LogP contribution < -0.4 is 10.6 Å². The molecule has 1 aliphatic rings. The number of carbonyl (C=O) groups excluding carboxylic acids is 2. The molecule has 0 radical (unpaired) electrons. The maximum atomic E-state index is 12.0. The second kappa shape index (κ2) is 7.16. The molecule has 1 rings (SSSR count). The van der Waals surface area contributed by atoms with E-state index in [1.807, 2.05) is 6.92 Å². The van der Waals surface area contributed by atoms with Gasteiger partial charge in [0.05, 0.1) is 12.6 Å². The van der Waals surface area contributed by atoms with E-state index in [2.05, 4.69) is 17.2 Å². The van der Waals surface area contributed by atoms with Gasteiger partial charge in [0.1, 0.15) is 6.04 Å². The molecule has 0 aromatic rings. The topological polar surface area (TPSA) is 67.4 Å². The molecule has 102 valence electrons. The SMILES string of the molecule is C=CC(C)C(NC(=O)[C@@H]1CCCN1)C(=O)OCC. The molecule has 0 aliphatic carbocycles. The van der Waals surface area contributed by atoms with Crippen LogP contribution in [0.4, 0.5) is 0 Å². The van der Waals surface area contributed by atoms with E-state index in [1.54, 1.807) is 13.0 Å². The fourth-order valence-corrected chi connectivity index (χ4v) is 1.94. The number of ether oxygens (including phenoxy) is 1. The highest BCUT2D eigenvalue weighted by Crippen LogP contribution is 2.10. The second-order valence-electron chi connectivity index (χ2n) is 4.48. The number of rotatable bonds is 6. The first kappa shape index (κ1) is 14.7. The molecule has 0 saturated carbocycles. The standard InChI is InChI=1S/C13H22N2O3/c1-4-9(3)11(13(17)18-5-2)15-12(16)10-7-6-8-14-10/h4,9-11,14H,1,5-8H2,2-3H3,(H,15,16)/t9?,10-,11?/m0/s1. The lowest BCUT2D eigenvalue weighted by Crippen LogP contribution is -2.51. The fourth-order valence-electron chi connectivity index (χ4n) is 1.94. The summed E-state index contributed by atoms with van der Waals surface area (Å²) < 4.78 is 4.97. The van der Waals surface area contributed by atoms with Gasteiger partial charge in [0.15, 0.2) is 0 Å². The van der Waals surface area contributed by atoms with Gasteiger partial charge in [-0.1, -0.05) is 13.0 Å². The van der Waals surface area contributed by atoms with E-state index >= 15 is 0 Å². The van der Waals surface area contributed by atoms with Crippen molar-refractivity contribution in [3.05, 3.63) is 12.7 Å². The number of amides is 1. The molecule has 1 amide bonds. The largest absolute Gasteiger partial charge is 0.464 e. The van der Waals surface area contributed by atoms with Crippen molar-refractivity contribution in [3.63, 3.8) is 0 Å². The van der Waals surface area contributed by atoms with Gasteiger partial charge in [-0.15, -0.1) is 6.58 Å². The zero-order valence-corrected chi connectivity index (χ0v) is 11.1. The van der Waals surface area contributed by atoms with E-state index in [9.17, 15) is 9.59 Å². The van der Waals surface area contributed by atoms with Crippen molar-refractivity contribution in [1.29, 1.82) is 0 Å². The monoisotopic (exact) mass is 254 g/mol. The lowest BCUT2D eigenvalue weighted by molar-refractivity contribution is -0.148. The molecule has 1 saturated heterocycles. The van der Waals surface area contributed by atoms with E-state index < -0.39 is 12.0 Å². The summed E-state index contributed by atoms with van der Waals surface area (Å²) in [6.07, 6.45) is 3.44. The Morgan fingerprint density at radius 3 is 2.83 bits per heavy atom. The third-order valence-corrected chi connectivity index (χ3v) is 3.11. The van der Waals surface area contributed by atoms with Gasteiger partial charge < -0.3 is 15.4 Å². The van der Waals surface area contributed by atoms with Gasteiger partial charge in [0.2, 0.25) is 5.91 Å². The number of hydrogen-bond acceptors (Lipinski definition) is 4. The van der Waals surface area contributed by atoms with Crippen LogP contribution in [0.3, 0.4) is 0 Å². The van der Waals surface area contributed by atoms with Crippen molar-refractivity contribution >= 4 is 11.9 Å². The molecule has 18 heavy (non-hydrogen) atoms. The highest BCUT2D eigenvalue weighted by Gasteiger charge is 2.30. The molecule has 0 aromatic carbocycles. The van der Waals surface area contributed by atoms with Crippen LogP contribution in [0.5, 0.6) is 0 Å². The molecule has 0 bridgehead atoms. The molecular formula is C13H22N2O3. The van der Waals surface area contributed by atoms with E-state index in [1.165, 1.54) is 0 Å². The summed E-state index contributed by atoms with van der Waals surface area (Å²) in [6.45, 7) is 8.38. The van der Waals surface area contributed by atoms with Crippen LogP contribution >= 0.6 is 0 Å². The Balaban J connectivity index is 2.62. The maximum absolute atomic E-state index is 12.0. The fraction of sp³-hybridized carbons (Fsp3) is 0.692. The Hall–Kier alpha value is -1.36. The van der Waals surface area contributed by atoms with Crippen molar-refractivity contribution in [2.45, 2.75) is 38.8 Å². The minimum Gasteiger partial charge on any atom is -0.464 e. The molecule has 0 aromatic heterocycles. The first-order valence-electron chi connectivity index (χ1n) is 6.43. The van der Waals surface area contributed by atoms with Gasteiger partial charge in [-0.2, -0.15) is 0 Å². The van der Waals surface area contributed by atoms with Gasteiger partial charge in [-0.25, -0.2) is 4.79 Å². The zero-order valence-electron chi connectivity index (χ0n) is 11.1. The van der Waals surface area contributed by atoms with Gasteiger partial charge in [0, 0.05) is 5.92 Å². The Morgan fingerprint density at radius 1 is 1.61 bits per heavy atom. The van der Waals surface area contributed by atoms with Gasteiger partial charge in [-0.05, 0) is 26.3 Å². The third-order valence-electron chi connectivity index (χ3n) is 3.11. The summed E-state index contributed by atoms with van der Waals surface area (Å²) in [6, 6.07) is -0.851. The minimum absolute atomic E-state index is 0.140. The third kappa shape index (κ3) is 3.84. The number of nitrogens with one attached hydrogen (secondary N) is 2. The quantitative estimate of drug-likeness (QED) is 0.538. The van der Waals surface area contributed by atoms with Crippen LogP contribution in [0.25, 0.3) is 0 Å². The average Bonchev–Trinajstić information content (AvgIpc) is 2.88. The first-order valence-corrected chi connectivity index (χ1v) is 6.43. The molecule has 2 N–H and O–H groups in total. The summed E-state index contributed by atoms with van der Waals surface area (Å²) in [7, 11) is 0. The Kier molecular flexibility index (Phi) is 5.85. The predicted molar refractivity (Wildman–Crippen MR) is 68.9 cm³/mol. The summed E-state index contributed by atoms with van der Waals surface area (Å²) in [5.41, 5.74) is 0. The molecular weight excluding hydrogens is 232 g/mol.